The molecule has 0 atom stereocenters. The molecule has 0 aliphatic heterocycles. The van der Waals surface area contributed by atoms with Crippen LogP contribution in [-0.2, 0) is 7.05 Å². The molecule has 5 nitrogen and oxygen atoms in total. The minimum Gasteiger partial charge on any atom is -0.307 e. The van der Waals surface area contributed by atoms with Gasteiger partial charge in [0.25, 0.3) is 0 Å². The molecule has 2 amide bonds. The molecule has 3 rings (SSSR count). The predicted octanol–water partition coefficient (Wildman–Crippen LogP) is 4.80. The lowest BCUT2D eigenvalue weighted by Crippen LogP contribution is -2.20. The molecule has 0 fully saturated rings. The highest BCUT2D eigenvalue weighted by Gasteiger charge is 2.10. The number of urea groups is 1. The first-order valence-corrected chi connectivity index (χ1v) is 8.26. The molecule has 1 aromatic heterocycles. The molecule has 122 valence electrons. The van der Waals surface area contributed by atoms with Crippen LogP contribution >= 0.6 is 15.9 Å². The Morgan fingerprint density at radius 2 is 1.83 bits per heavy atom. The fourth-order valence-corrected chi connectivity index (χ4v) is 2.92. The molecule has 0 unspecified atom stereocenters. The van der Waals surface area contributed by atoms with Crippen molar-refractivity contribution in [3.05, 3.63) is 64.6 Å². The Morgan fingerprint density at radius 1 is 1.08 bits per heavy atom. The zero-order valence-electron chi connectivity index (χ0n) is 13.4. The van der Waals surface area contributed by atoms with E-state index in [1.54, 1.807) is 4.68 Å². The number of anilines is 2. The molecule has 0 saturated carbocycles. The van der Waals surface area contributed by atoms with Gasteiger partial charge in [0, 0.05) is 23.3 Å². The number of aryl methyl sites for hydroxylation is 2. The number of carbonyl (C=O) groups is 1. The van der Waals surface area contributed by atoms with Crippen LogP contribution in [0.2, 0.25) is 0 Å². The van der Waals surface area contributed by atoms with E-state index in [1.807, 2.05) is 68.6 Å². The Kier molecular flexibility index (Phi) is 4.66. The van der Waals surface area contributed by atoms with E-state index in [9.17, 15) is 4.79 Å². The number of nitrogens with zero attached hydrogens (tertiary/aromatic N) is 2. The highest BCUT2D eigenvalue weighted by Crippen LogP contribution is 2.23. The van der Waals surface area contributed by atoms with Gasteiger partial charge in [-0.2, -0.15) is 5.10 Å². The molecular weight excluding hydrogens is 368 g/mol. The summed E-state index contributed by atoms with van der Waals surface area (Å²) in [5.41, 5.74) is 3.72. The van der Waals surface area contributed by atoms with Gasteiger partial charge in [0.1, 0.15) is 0 Å². The van der Waals surface area contributed by atoms with Crippen molar-refractivity contribution in [1.82, 2.24) is 9.78 Å². The standard InChI is InChI=1S/C18H17BrN4O/c1-12-10-14(19)8-9-15(12)20-18(24)21-17-11-16(23(2)22-17)13-6-4-3-5-7-13/h3-11H,1-2H3,(H2,20,21,22,24). The van der Waals surface area contributed by atoms with Crippen LogP contribution in [0.25, 0.3) is 11.3 Å². The normalized spacial score (nSPS) is 10.5. The third kappa shape index (κ3) is 3.65. The SMILES string of the molecule is Cc1cc(Br)ccc1NC(=O)Nc1cc(-c2ccccc2)n(C)n1. The van der Waals surface area contributed by atoms with Gasteiger partial charge >= 0.3 is 6.03 Å². The Morgan fingerprint density at radius 3 is 2.54 bits per heavy atom. The van der Waals surface area contributed by atoms with Gasteiger partial charge in [-0.25, -0.2) is 4.79 Å². The molecule has 0 radical (unpaired) electrons. The molecule has 0 spiro atoms. The minimum absolute atomic E-state index is 0.321. The minimum atomic E-state index is -0.321. The van der Waals surface area contributed by atoms with Crippen LogP contribution in [0.5, 0.6) is 0 Å². The zero-order valence-corrected chi connectivity index (χ0v) is 15.0. The summed E-state index contributed by atoms with van der Waals surface area (Å²) in [6, 6.07) is 17.1. The quantitative estimate of drug-likeness (QED) is 0.680. The molecule has 0 bridgehead atoms. The Labute approximate surface area is 148 Å². The van der Waals surface area contributed by atoms with E-state index < -0.39 is 0 Å². The van der Waals surface area contributed by atoms with Crippen molar-refractivity contribution in [2.75, 3.05) is 10.6 Å². The first kappa shape index (κ1) is 16.3. The number of benzene rings is 2. The molecule has 2 N–H and O–H groups in total. The zero-order chi connectivity index (χ0) is 17.1. The van der Waals surface area contributed by atoms with E-state index in [0.717, 1.165) is 27.0 Å². The van der Waals surface area contributed by atoms with Gasteiger partial charge in [0.05, 0.1) is 5.69 Å². The van der Waals surface area contributed by atoms with Gasteiger partial charge in [-0.1, -0.05) is 46.3 Å². The largest absolute Gasteiger partial charge is 0.324 e. The van der Waals surface area contributed by atoms with E-state index in [-0.39, 0.29) is 6.03 Å². The van der Waals surface area contributed by atoms with Crippen molar-refractivity contribution in [1.29, 1.82) is 0 Å². The van der Waals surface area contributed by atoms with Gasteiger partial charge < -0.3 is 5.32 Å². The summed E-state index contributed by atoms with van der Waals surface area (Å²) >= 11 is 3.41. The van der Waals surface area contributed by atoms with Crippen molar-refractivity contribution in [2.45, 2.75) is 6.92 Å². The number of hydrogen-bond acceptors (Lipinski definition) is 2. The first-order chi connectivity index (χ1) is 11.5. The maximum Gasteiger partial charge on any atom is 0.324 e. The molecule has 0 saturated heterocycles. The van der Waals surface area contributed by atoms with Crippen LogP contribution in [-0.4, -0.2) is 15.8 Å². The van der Waals surface area contributed by atoms with Crippen LogP contribution in [0.1, 0.15) is 5.56 Å². The smallest absolute Gasteiger partial charge is 0.307 e. The summed E-state index contributed by atoms with van der Waals surface area (Å²) in [6.45, 7) is 1.94. The third-order valence-electron chi connectivity index (χ3n) is 3.63. The predicted molar refractivity (Wildman–Crippen MR) is 100 cm³/mol. The van der Waals surface area contributed by atoms with E-state index in [4.69, 9.17) is 0 Å². The van der Waals surface area contributed by atoms with Gasteiger partial charge in [-0.05, 0) is 36.2 Å². The highest BCUT2D eigenvalue weighted by molar-refractivity contribution is 9.10. The van der Waals surface area contributed by atoms with E-state index >= 15 is 0 Å². The Hall–Kier alpha value is -2.60. The van der Waals surface area contributed by atoms with Gasteiger partial charge in [-0.15, -0.1) is 0 Å². The Balaban J connectivity index is 1.73. The first-order valence-electron chi connectivity index (χ1n) is 7.46. The lowest BCUT2D eigenvalue weighted by molar-refractivity contribution is 0.262. The van der Waals surface area contributed by atoms with Crippen molar-refractivity contribution in [2.24, 2.45) is 7.05 Å². The number of amides is 2. The lowest BCUT2D eigenvalue weighted by atomic mass is 10.1. The second-order valence-corrected chi connectivity index (χ2v) is 6.36. The second-order valence-electron chi connectivity index (χ2n) is 5.44. The average molecular weight is 385 g/mol. The fraction of sp³-hybridized carbons (Fsp3) is 0.111. The van der Waals surface area contributed by atoms with Crippen molar-refractivity contribution in [3.63, 3.8) is 0 Å². The summed E-state index contributed by atoms with van der Waals surface area (Å²) < 4.78 is 2.72. The molecule has 2 aromatic carbocycles. The van der Waals surface area contributed by atoms with Gasteiger partial charge in [-0.3, -0.25) is 10.00 Å². The maximum absolute atomic E-state index is 12.2. The Bertz CT molecular complexity index is 874. The van der Waals surface area contributed by atoms with Crippen molar-refractivity contribution < 1.29 is 4.79 Å². The number of rotatable bonds is 3. The molecule has 24 heavy (non-hydrogen) atoms. The van der Waals surface area contributed by atoms with Gasteiger partial charge in [0.15, 0.2) is 5.82 Å². The maximum atomic E-state index is 12.2. The van der Waals surface area contributed by atoms with Crippen LogP contribution < -0.4 is 10.6 Å². The summed E-state index contributed by atoms with van der Waals surface area (Å²) in [5, 5.41) is 9.95. The summed E-state index contributed by atoms with van der Waals surface area (Å²) in [6.07, 6.45) is 0. The molecule has 3 aromatic rings. The number of aromatic nitrogens is 2. The van der Waals surface area contributed by atoms with Crippen molar-refractivity contribution in [3.8, 4) is 11.3 Å². The molecule has 0 aliphatic rings. The van der Waals surface area contributed by atoms with Crippen LogP contribution in [0.15, 0.2) is 59.1 Å². The summed E-state index contributed by atoms with van der Waals surface area (Å²) in [7, 11) is 1.85. The number of hydrogen-bond donors (Lipinski definition) is 2. The molecule has 1 heterocycles. The van der Waals surface area contributed by atoms with Crippen LogP contribution in [0.3, 0.4) is 0 Å². The van der Waals surface area contributed by atoms with E-state index in [1.165, 1.54) is 0 Å². The number of halogens is 1. The number of nitrogens with one attached hydrogen (secondary N) is 2. The monoisotopic (exact) mass is 384 g/mol. The topological polar surface area (TPSA) is 59.0 Å². The van der Waals surface area contributed by atoms with Crippen molar-refractivity contribution >= 4 is 33.5 Å². The lowest BCUT2D eigenvalue weighted by Gasteiger charge is -2.08. The van der Waals surface area contributed by atoms with Gasteiger partial charge in [0.2, 0.25) is 0 Å². The summed E-state index contributed by atoms with van der Waals surface area (Å²) in [4.78, 5) is 12.2. The molecular formula is C18H17BrN4O. The second kappa shape index (κ2) is 6.88. The molecule has 6 heteroatoms. The highest BCUT2D eigenvalue weighted by atomic mass is 79.9. The molecule has 0 aliphatic carbocycles. The average Bonchev–Trinajstić information content (AvgIpc) is 2.91. The van der Waals surface area contributed by atoms with Crippen LogP contribution in [0, 0.1) is 6.92 Å². The summed E-state index contributed by atoms with van der Waals surface area (Å²) in [5.74, 6) is 0.503. The van der Waals surface area contributed by atoms with E-state index in [2.05, 4.69) is 31.7 Å². The third-order valence-corrected chi connectivity index (χ3v) is 4.12. The van der Waals surface area contributed by atoms with Crippen LogP contribution in [0.4, 0.5) is 16.3 Å². The fourth-order valence-electron chi connectivity index (χ4n) is 2.44. The number of carbonyl (C=O) groups excluding carboxylic acids is 1. The van der Waals surface area contributed by atoms with E-state index in [0.29, 0.717) is 5.82 Å².